The Kier molecular flexibility index (Phi) is 4.98. The molecule has 2 aromatic rings. The third-order valence-electron chi connectivity index (χ3n) is 3.33. The van der Waals surface area contributed by atoms with E-state index in [0.717, 1.165) is 16.6 Å². The summed E-state index contributed by atoms with van der Waals surface area (Å²) in [6, 6.07) is 9.33. The molecule has 0 saturated carbocycles. The Morgan fingerprint density at radius 3 is 2.86 bits per heavy atom. The summed E-state index contributed by atoms with van der Waals surface area (Å²) < 4.78 is 6.50. The second kappa shape index (κ2) is 6.92. The molecule has 112 valence electrons. The summed E-state index contributed by atoms with van der Waals surface area (Å²) >= 11 is 0. The molecule has 1 N–H and O–H groups in total. The van der Waals surface area contributed by atoms with Gasteiger partial charge in [0.15, 0.2) is 0 Å². The Bertz CT molecular complexity index is 691. The number of aromatic nitrogens is 1. The van der Waals surface area contributed by atoms with Gasteiger partial charge in [0.25, 0.3) is 5.56 Å². The molecule has 0 aliphatic carbocycles. The molecule has 21 heavy (non-hydrogen) atoms. The number of esters is 1. The summed E-state index contributed by atoms with van der Waals surface area (Å²) in [5.74, 6) is -0.187. The van der Waals surface area contributed by atoms with Crippen LogP contribution in [0, 0.1) is 0 Å². The first-order valence-electron chi connectivity index (χ1n) is 7.11. The predicted molar refractivity (Wildman–Crippen MR) is 83.5 cm³/mol. The van der Waals surface area contributed by atoms with Crippen LogP contribution >= 0.6 is 0 Å². The lowest BCUT2D eigenvalue weighted by molar-refractivity contribution is -0.143. The van der Waals surface area contributed by atoms with E-state index in [9.17, 15) is 9.59 Å². The third kappa shape index (κ3) is 3.62. The molecule has 0 unspecified atom stereocenters. The minimum Gasteiger partial charge on any atom is -0.466 e. The molecule has 0 bridgehead atoms. The highest BCUT2D eigenvalue weighted by Gasteiger charge is 2.06. The Balaban J connectivity index is 2.07. The first-order valence-corrected chi connectivity index (χ1v) is 7.11. The van der Waals surface area contributed by atoms with E-state index in [-0.39, 0.29) is 11.5 Å². The molecule has 5 nitrogen and oxygen atoms in total. The quantitative estimate of drug-likeness (QED) is 0.654. The van der Waals surface area contributed by atoms with Crippen LogP contribution in [0.15, 0.2) is 35.1 Å². The fraction of sp³-hybridized carbons (Fsp3) is 0.375. The molecule has 1 aromatic carbocycles. The van der Waals surface area contributed by atoms with Crippen LogP contribution in [-0.4, -0.2) is 23.7 Å². The van der Waals surface area contributed by atoms with E-state index in [1.54, 1.807) is 24.6 Å². The van der Waals surface area contributed by atoms with Crippen molar-refractivity contribution in [1.29, 1.82) is 0 Å². The average Bonchev–Trinajstić information content (AvgIpc) is 2.49. The number of benzene rings is 1. The van der Waals surface area contributed by atoms with Gasteiger partial charge in [-0.3, -0.25) is 9.59 Å². The Labute approximate surface area is 123 Å². The normalized spacial score (nSPS) is 10.6. The molecule has 0 fully saturated rings. The van der Waals surface area contributed by atoms with Gasteiger partial charge in [-0.2, -0.15) is 0 Å². The summed E-state index contributed by atoms with van der Waals surface area (Å²) in [4.78, 5) is 23.2. The summed E-state index contributed by atoms with van der Waals surface area (Å²) in [5.41, 5.74) is 1.64. The van der Waals surface area contributed by atoms with Gasteiger partial charge in [0, 0.05) is 37.2 Å². The lowest BCUT2D eigenvalue weighted by Gasteiger charge is -2.12. The molecule has 0 amide bonds. The number of anilines is 1. The molecular weight excluding hydrogens is 268 g/mol. The molecule has 0 radical (unpaired) electrons. The van der Waals surface area contributed by atoms with E-state index in [0.29, 0.717) is 26.0 Å². The SMILES string of the molecule is CCOC(=O)CCCNc1cc(=O)n(C)c2ccccc12. The van der Waals surface area contributed by atoms with Crippen molar-refractivity contribution >= 4 is 22.6 Å². The van der Waals surface area contributed by atoms with Gasteiger partial charge in [0.1, 0.15) is 0 Å². The van der Waals surface area contributed by atoms with Crippen LogP contribution in [-0.2, 0) is 16.6 Å². The molecule has 0 aliphatic rings. The van der Waals surface area contributed by atoms with Gasteiger partial charge in [-0.05, 0) is 19.4 Å². The van der Waals surface area contributed by atoms with Gasteiger partial charge in [-0.15, -0.1) is 0 Å². The van der Waals surface area contributed by atoms with Crippen LogP contribution in [0.3, 0.4) is 0 Å². The zero-order valence-electron chi connectivity index (χ0n) is 12.4. The molecule has 0 aliphatic heterocycles. The molecule has 0 saturated heterocycles. The maximum absolute atomic E-state index is 11.9. The van der Waals surface area contributed by atoms with Gasteiger partial charge in [0.2, 0.25) is 0 Å². The third-order valence-corrected chi connectivity index (χ3v) is 3.33. The molecule has 0 atom stereocenters. The number of aryl methyl sites for hydroxylation is 1. The molecule has 1 aromatic heterocycles. The van der Waals surface area contributed by atoms with E-state index < -0.39 is 0 Å². The monoisotopic (exact) mass is 288 g/mol. The first kappa shape index (κ1) is 15.1. The number of ether oxygens (including phenoxy) is 1. The van der Waals surface area contributed by atoms with Gasteiger partial charge < -0.3 is 14.6 Å². The lowest BCUT2D eigenvalue weighted by atomic mass is 10.1. The Hall–Kier alpha value is -2.30. The van der Waals surface area contributed by atoms with E-state index in [4.69, 9.17) is 4.74 Å². The number of rotatable bonds is 6. The largest absolute Gasteiger partial charge is 0.466 e. The lowest BCUT2D eigenvalue weighted by Crippen LogP contribution is -2.18. The van der Waals surface area contributed by atoms with Crippen molar-refractivity contribution in [2.45, 2.75) is 19.8 Å². The maximum atomic E-state index is 11.9. The fourth-order valence-electron chi connectivity index (χ4n) is 2.25. The Morgan fingerprint density at radius 2 is 2.10 bits per heavy atom. The smallest absolute Gasteiger partial charge is 0.305 e. The number of fused-ring (bicyclic) bond motifs is 1. The molecular formula is C16H20N2O3. The number of carbonyl (C=O) groups is 1. The number of hydrogen-bond acceptors (Lipinski definition) is 4. The summed E-state index contributed by atoms with van der Waals surface area (Å²) in [6.07, 6.45) is 1.05. The van der Waals surface area contributed by atoms with E-state index in [2.05, 4.69) is 5.32 Å². The van der Waals surface area contributed by atoms with Crippen molar-refractivity contribution in [1.82, 2.24) is 4.57 Å². The van der Waals surface area contributed by atoms with Gasteiger partial charge in [-0.1, -0.05) is 18.2 Å². The van der Waals surface area contributed by atoms with Crippen molar-refractivity contribution < 1.29 is 9.53 Å². The first-order chi connectivity index (χ1) is 10.1. The van der Waals surface area contributed by atoms with Gasteiger partial charge in [-0.25, -0.2) is 0 Å². The number of carbonyl (C=O) groups excluding carboxylic acids is 1. The minimum absolute atomic E-state index is 0.0541. The second-order valence-corrected chi connectivity index (χ2v) is 4.81. The van der Waals surface area contributed by atoms with Crippen LogP contribution in [0.25, 0.3) is 10.9 Å². The van der Waals surface area contributed by atoms with Crippen LogP contribution in [0.1, 0.15) is 19.8 Å². The number of hydrogen-bond donors (Lipinski definition) is 1. The predicted octanol–water partition coefficient (Wildman–Crippen LogP) is 2.29. The molecule has 2 rings (SSSR count). The summed E-state index contributed by atoms with van der Waals surface area (Å²) in [7, 11) is 1.76. The second-order valence-electron chi connectivity index (χ2n) is 4.81. The maximum Gasteiger partial charge on any atom is 0.305 e. The number of para-hydroxylation sites is 1. The topological polar surface area (TPSA) is 60.3 Å². The van der Waals surface area contributed by atoms with E-state index in [1.807, 2.05) is 24.3 Å². The van der Waals surface area contributed by atoms with E-state index >= 15 is 0 Å². The molecule has 1 heterocycles. The van der Waals surface area contributed by atoms with Gasteiger partial charge >= 0.3 is 5.97 Å². The highest BCUT2D eigenvalue weighted by molar-refractivity contribution is 5.91. The summed E-state index contributed by atoms with van der Waals surface area (Å²) in [5, 5.41) is 4.23. The fourth-order valence-corrected chi connectivity index (χ4v) is 2.25. The van der Waals surface area contributed by atoms with Crippen LogP contribution in [0.2, 0.25) is 0 Å². The highest BCUT2D eigenvalue weighted by atomic mass is 16.5. The van der Waals surface area contributed by atoms with Crippen LogP contribution < -0.4 is 10.9 Å². The standard InChI is InChI=1S/C16H20N2O3/c1-3-21-16(20)9-6-10-17-13-11-15(19)18(2)14-8-5-4-7-12(13)14/h4-5,7-8,11,17H,3,6,9-10H2,1-2H3. The van der Waals surface area contributed by atoms with Crippen molar-refractivity contribution in [2.24, 2.45) is 7.05 Å². The molecule has 0 spiro atoms. The van der Waals surface area contributed by atoms with Crippen molar-refractivity contribution in [3.8, 4) is 0 Å². The van der Waals surface area contributed by atoms with Gasteiger partial charge in [0.05, 0.1) is 12.1 Å². The van der Waals surface area contributed by atoms with Crippen molar-refractivity contribution in [2.75, 3.05) is 18.5 Å². The number of nitrogens with one attached hydrogen (secondary N) is 1. The van der Waals surface area contributed by atoms with Crippen LogP contribution in [0.4, 0.5) is 5.69 Å². The van der Waals surface area contributed by atoms with Crippen LogP contribution in [0.5, 0.6) is 0 Å². The zero-order chi connectivity index (χ0) is 15.2. The average molecular weight is 288 g/mol. The Morgan fingerprint density at radius 1 is 1.33 bits per heavy atom. The number of nitrogens with zero attached hydrogens (tertiary/aromatic N) is 1. The van der Waals surface area contributed by atoms with Crippen molar-refractivity contribution in [3.63, 3.8) is 0 Å². The number of pyridine rings is 1. The van der Waals surface area contributed by atoms with E-state index in [1.165, 1.54) is 0 Å². The zero-order valence-corrected chi connectivity index (χ0v) is 12.4. The minimum atomic E-state index is -0.187. The van der Waals surface area contributed by atoms with Crippen molar-refractivity contribution in [3.05, 3.63) is 40.7 Å². The highest BCUT2D eigenvalue weighted by Crippen LogP contribution is 2.20. The molecule has 5 heteroatoms. The summed E-state index contributed by atoms with van der Waals surface area (Å²) in [6.45, 7) is 2.82.